The Morgan fingerprint density at radius 2 is 1.88 bits per heavy atom. The zero-order valence-electron chi connectivity index (χ0n) is 9.06. The number of hydrogen-bond acceptors (Lipinski definition) is 2. The maximum atomic E-state index is 11.1. The summed E-state index contributed by atoms with van der Waals surface area (Å²) in [6, 6.07) is 9.55. The third-order valence-corrected chi connectivity index (χ3v) is 3.75. The first-order valence-corrected chi connectivity index (χ1v) is 6.47. The Kier molecular flexibility index (Phi) is 3.36. The summed E-state index contributed by atoms with van der Waals surface area (Å²) in [6.07, 6.45) is 0. The molecule has 5 heteroatoms. The summed E-state index contributed by atoms with van der Waals surface area (Å²) in [6.45, 7) is 1.77. The molecule has 0 aliphatic carbocycles. The van der Waals surface area contributed by atoms with Gasteiger partial charge in [0.15, 0.2) is 5.69 Å². The number of rotatable bonds is 2. The van der Waals surface area contributed by atoms with E-state index >= 15 is 0 Å². The lowest BCUT2D eigenvalue weighted by molar-refractivity contribution is 0.194. The molecule has 16 heavy (non-hydrogen) atoms. The number of para-hydroxylation sites is 1. The van der Waals surface area contributed by atoms with Crippen molar-refractivity contribution in [2.45, 2.75) is 0 Å². The first-order valence-electron chi connectivity index (χ1n) is 5.31. The van der Waals surface area contributed by atoms with Gasteiger partial charge in [0.05, 0.1) is 0 Å². The average Bonchev–Trinajstić information content (AvgIpc) is 2.30. The van der Waals surface area contributed by atoms with Gasteiger partial charge >= 0.3 is 6.03 Å². The van der Waals surface area contributed by atoms with Crippen molar-refractivity contribution >= 4 is 23.5 Å². The van der Waals surface area contributed by atoms with E-state index in [1.54, 1.807) is 0 Å². The predicted molar refractivity (Wildman–Crippen MR) is 68.0 cm³/mol. The van der Waals surface area contributed by atoms with E-state index in [-0.39, 0.29) is 0 Å². The van der Waals surface area contributed by atoms with Crippen LogP contribution >= 0.6 is 11.8 Å². The molecule has 0 bridgehead atoms. The van der Waals surface area contributed by atoms with Gasteiger partial charge in [-0.1, -0.05) is 18.2 Å². The van der Waals surface area contributed by atoms with Gasteiger partial charge in [0.2, 0.25) is 0 Å². The van der Waals surface area contributed by atoms with E-state index in [2.05, 4.69) is 5.43 Å². The van der Waals surface area contributed by atoms with Gasteiger partial charge in [-0.3, -0.25) is 0 Å². The number of hydrogen-bond donors (Lipinski definition) is 2. The number of thioether (sulfide) groups is 1. The Labute approximate surface area is 99.4 Å². The van der Waals surface area contributed by atoms with Gasteiger partial charge in [-0.15, -0.1) is 0 Å². The zero-order chi connectivity index (χ0) is 11.4. The Morgan fingerprint density at radius 3 is 2.44 bits per heavy atom. The van der Waals surface area contributed by atoms with Crippen molar-refractivity contribution in [2.24, 2.45) is 5.73 Å². The van der Waals surface area contributed by atoms with Crippen LogP contribution in [0, 0.1) is 0 Å². The molecule has 0 unspecified atom stereocenters. The number of carbonyl (C=O) groups is 1. The molecule has 4 nitrogen and oxygen atoms in total. The summed E-state index contributed by atoms with van der Waals surface area (Å²) < 4.78 is 0.475. The first kappa shape index (κ1) is 11.3. The van der Waals surface area contributed by atoms with Crippen molar-refractivity contribution in [3.05, 3.63) is 30.3 Å². The fourth-order valence-corrected chi connectivity index (χ4v) is 3.10. The number of benzene rings is 1. The van der Waals surface area contributed by atoms with Crippen LogP contribution in [0.4, 0.5) is 10.5 Å². The molecular formula is C11H16N3OS+. The summed E-state index contributed by atoms with van der Waals surface area (Å²) >= 11 is 1.91. The van der Waals surface area contributed by atoms with E-state index in [1.165, 1.54) is 0 Å². The molecule has 1 saturated heterocycles. The van der Waals surface area contributed by atoms with Crippen LogP contribution in [0.15, 0.2) is 30.3 Å². The highest BCUT2D eigenvalue weighted by Gasteiger charge is 2.34. The number of nitrogens with one attached hydrogen (secondary N) is 1. The monoisotopic (exact) mass is 238 g/mol. The second-order valence-electron chi connectivity index (χ2n) is 3.84. The van der Waals surface area contributed by atoms with Crippen molar-refractivity contribution in [3.8, 4) is 0 Å². The number of quaternary nitrogens is 1. The predicted octanol–water partition coefficient (Wildman–Crippen LogP) is 1.32. The zero-order valence-corrected chi connectivity index (χ0v) is 9.87. The minimum absolute atomic E-state index is 0.462. The Balaban J connectivity index is 2.29. The molecule has 0 spiro atoms. The molecule has 2 amide bonds. The van der Waals surface area contributed by atoms with Crippen LogP contribution in [0.25, 0.3) is 0 Å². The molecule has 1 aromatic rings. The number of urea groups is 1. The largest absolute Gasteiger partial charge is 0.356 e. The van der Waals surface area contributed by atoms with E-state index < -0.39 is 6.03 Å². The standard InChI is InChI=1S/C11H15N3OS/c12-11(15)13-14(6-8-16-9-7-14)10-4-2-1-3-5-10/h1-5H,6-9H2,(H2-,12,13,15)/p+1. The number of carbonyl (C=O) groups excluding carboxylic acids is 1. The number of amides is 2. The van der Waals surface area contributed by atoms with Crippen molar-refractivity contribution in [3.63, 3.8) is 0 Å². The maximum absolute atomic E-state index is 11.1. The average molecular weight is 238 g/mol. The summed E-state index contributed by atoms with van der Waals surface area (Å²) in [4.78, 5) is 11.1. The molecule has 0 atom stereocenters. The Morgan fingerprint density at radius 1 is 1.25 bits per heavy atom. The summed E-state index contributed by atoms with van der Waals surface area (Å²) in [5.41, 5.74) is 9.25. The lowest BCUT2D eigenvalue weighted by Crippen LogP contribution is -2.66. The highest BCUT2D eigenvalue weighted by atomic mass is 32.2. The fraction of sp³-hybridized carbons (Fsp3) is 0.364. The number of nitrogens with two attached hydrogens (primary N) is 1. The lowest BCUT2D eigenvalue weighted by Gasteiger charge is -2.38. The molecular weight excluding hydrogens is 222 g/mol. The molecule has 0 radical (unpaired) electrons. The highest BCUT2D eigenvalue weighted by molar-refractivity contribution is 7.99. The van der Waals surface area contributed by atoms with Crippen LogP contribution in [-0.2, 0) is 0 Å². The van der Waals surface area contributed by atoms with E-state index in [0.29, 0.717) is 4.59 Å². The van der Waals surface area contributed by atoms with Crippen molar-refractivity contribution in [2.75, 3.05) is 24.6 Å². The molecule has 0 saturated carbocycles. The molecule has 3 N–H and O–H groups in total. The van der Waals surface area contributed by atoms with Crippen molar-refractivity contribution in [1.82, 2.24) is 10.0 Å². The summed E-state index contributed by atoms with van der Waals surface area (Å²) in [5.74, 6) is 2.07. The van der Waals surface area contributed by atoms with Gasteiger partial charge in [0.25, 0.3) is 0 Å². The number of primary amides is 1. The molecule has 86 valence electrons. The van der Waals surface area contributed by atoms with E-state index in [9.17, 15) is 4.79 Å². The Hall–Kier alpha value is -1.20. The normalized spacial score (nSPS) is 19.0. The van der Waals surface area contributed by atoms with Gasteiger partial charge < -0.3 is 5.73 Å². The minimum Gasteiger partial charge on any atom is -0.348 e. The fourth-order valence-electron chi connectivity index (χ4n) is 2.01. The third kappa shape index (κ3) is 2.31. The molecule has 1 aliphatic rings. The SMILES string of the molecule is NC(=O)N[N+]1(c2ccccc2)CCSCC1. The van der Waals surface area contributed by atoms with Gasteiger partial charge in [0.1, 0.15) is 13.1 Å². The molecule has 1 fully saturated rings. The van der Waals surface area contributed by atoms with Crippen LogP contribution in [0.3, 0.4) is 0 Å². The molecule has 0 aromatic heterocycles. The van der Waals surface area contributed by atoms with Crippen LogP contribution in [0.1, 0.15) is 0 Å². The molecule has 2 rings (SSSR count). The van der Waals surface area contributed by atoms with Gasteiger partial charge in [0, 0.05) is 23.6 Å². The second kappa shape index (κ2) is 4.76. The van der Waals surface area contributed by atoms with Gasteiger partial charge in [-0.05, 0) is 0 Å². The lowest BCUT2D eigenvalue weighted by atomic mass is 10.2. The van der Waals surface area contributed by atoms with Crippen LogP contribution in [0.5, 0.6) is 0 Å². The second-order valence-corrected chi connectivity index (χ2v) is 5.06. The Bertz CT molecular complexity index is 363. The molecule has 1 aromatic carbocycles. The van der Waals surface area contributed by atoms with Crippen molar-refractivity contribution < 1.29 is 4.79 Å². The third-order valence-electron chi connectivity index (χ3n) is 2.81. The smallest absolute Gasteiger partial charge is 0.348 e. The van der Waals surface area contributed by atoms with Crippen LogP contribution < -0.4 is 15.8 Å². The maximum Gasteiger partial charge on any atom is 0.356 e. The van der Waals surface area contributed by atoms with E-state index in [0.717, 1.165) is 30.3 Å². The quantitative estimate of drug-likeness (QED) is 0.764. The molecule has 1 heterocycles. The molecule has 1 aliphatic heterocycles. The van der Waals surface area contributed by atoms with Gasteiger partial charge in [-0.2, -0.15) is 21.8 Å². The van der Waals surface area contributed by atoms with Crippen LogP contribution in [0.2, 0.25) is 0 Å². The van der Waals surface area contributed by atoms with Crippen LogP contribution in [-0.4, -0.2) is 30.6 Å². The van der Waals surface area contributed by atoms with Gasteiger partial charge in [-0.25, -0.2) is 4.79 Å². The van der Waals surface area contributed by atoms with E-state index in [4.69, 9.17) is 5.73 Å². The first-order chi connectivity index (χ1) is 7.73. The highest BCUT2D eigenvalue weighted by Crippen LogP contribution is 2.25. The number of nitrogens with zero attached hydrogens (tertiary/aromatic N) is 1. The minimum atomic E-state index is -0.462. The summed E-state index contributed by atoms with van der Waals surface area (Å²) in [5, 5.41) is 0. The summed E-state index contributed by atoms with van der Waals surface area (Å²) in [7, 11) is 0. The topological polar surface area (TPSA) is 55.1 Å². The van der Waals surface area contributed by atoms with E-state index in [1.807, 2.05) is 42.1 Å². The van der Waals surface area contributed by atoms with Crippen molar-refractivity contribution in [1.29, 1.82) is 0 Å².